The van der Waals surface area contributed by atoms with Gasteiger partial charge >= 0.3 is 0 Å². The first-order valence-electron chi connectivity index (χ1n) is 15.4. The third kappa shape index (κ3) is 7.63. The number of anilines is 1. The van der Waals surface area contributed by atoms with Crippen LogP contribution in [0.3, 0.4) is 0 Å². The first kappa shape index (κ1) is 31.8. The second-order valence-corrected chi connectivity index (χ2v) is 14.8. The summed E-state index contributed by atoms with van der Waals surface area (Å²) in [6.45, 7) is 5.83. The van der Waals surface area contributed by atoms with Gasteiger partial charge in [0.25, 0.3) is 5.91 Å². The van der Waals surface area contributed by atoms with Crippen molar-refractivity contribution in [3.05, 3.63) is 83.0 Å². The first-order valence-corrected chi connectivity index (χ1v) is 18.2. The minimum atomic E-state index is -3.35. The number of aryl methyl sites for hydroxylation is 1. The van der Waals surface area contributed by atoms with Crippen LogP contribution in [0.25, 0.3) is 11.3 Å². The topological polar surface area (TPSA) is 122 Å². The molecule has 2 aliphatic rings. The van der Waals surface area contributed by atoms with E-state index in [0.29, 0.717) is 45.2 Å². The molecule has 4 heterocycles. The third-order valence-corrected chi connectivity index (χ3v) is 10.5. The van der Waals surface area contributed by atoms with Crippen LogP contribution in [0.15, 0.2) is 71.1 Å². The number of likely N-dealkylation sites (tertiary alicyclic amines) is 2. The van der Waals surface area contributed by atoms with Gasteiger partial charge in [0.15, 0.2) is 15.0 Å². The highest BCUT2D eigenvalue weighted by Crippen LogP contribution is 2.31. The van der Waals surface area contributed by atoms with Crippen molar-refractivity contribution >= 4 is 38.1 Å². The maximum absolute atomic E-state index is 13.5. The lowest BCUT2D eigenvalue weighted by molar-refractivity contribution is -0.132. The molecule has 0 aliphatic carbocycles. The summed E-state index contributed by atoms with van der Waals surface area (Å²) in [4.78, 5) is 40.3. The summed E-state index contributed by atoms with van der Waals surface area (Å²) in [5.74, 6) is 0.485. The molecule has 240 valence electrons. The van der Waals surface area contributed by atoms with Crippen LogP contribution in [-0.4, -0.2) is 78.5 Å². The summed E-state index contributed by atoms with van der Waals surface area (Å²) < 4.78 is 29.8. The number of rotatable bonds is 9. The van der Waals surface area contributed by atoms with Crippen LogP contribution in [0.5, 0.6) is 11.5 Å². The summed E-state index contributed by atoms with van der Waals surface area (Å²) in [7, 11) is -3.35. The maximum atomic E-state index is 13.5. The highest BCUT2D eigenvalue weighted by Gasteiger charge is 2.28. The summed E-state index contributed by atoms with van der Waals surface area (Å²) in [5, 5.41) is 5.09. The fourth-order valence-corrected chi connectivity index (χ4v) is 7.41. The monoisotopic (exact) mass is 659 g/mol. The lowest BCUT2D eigenvalue weighted by Crippen LogP contribution is -2.46. The summed E-state index contributed by atoms with van der Waals surface area (Å²) in [6, 6.07) is 15.6. The molecule has 46 heavy (non-hydrogen) atoms. The average Bonchev–Trinajstić information content (AvgIpc) is 3.74. The molecular weight excluding hydrogens is 623 g/mol. The van der Waals surface area contributed by atoms with Crippen molar-refractivity contribution in [2.24, 2.45) is 0 Å². The number of nitrogens with one attached hydrogen (secondary N) is 1. The number of carbonyl (C=O) groups is 2. The molecular formula is C34H37N5O5S2. The van der Waals surface area contributed by atoms with Crippen molar-refractivity contribution < 1.29 is 22.7 Å². The Morgan fingerprint density at radius 3 is 2.43 bits per heavy atom. The fraction of sp³-hybridized carbons (Fsp3) is 0.353. The van der Waals surface area contributed by atoms with Gasteiger partial charge in [0.2, 0.25) is 5.91 Å². The molecule has 12 heteroatoms. The zero-order valence-corrected chi connectivity index (χ0v) is 27.6. The van der Waals surface area contributed by atoms with Crippen molar-refractivity contribution in [3.8, 4) is 22.8 Å². The number of pyridine rings is 1. The van der Waals surface area contributed by atoms with Gasteiger partial charge in [0, 0.05) is 48.1 Å². The molecule has 2 saturated heterocycles. The molecule has 2 amide bonds. The molecule has 0 radical (unpaired) electrons. The van der Waals surface area contributed by atoms with E-state index >= 15 is 0 Å². The second-order valence-electron chi connectivity index (χ2n) is 11.9. The normalized spacial score (nSPS) is 16.0. The van der Waals surface area contributed by atoms with Crippen LogP contribution in [0.2, 0.25) is 0 Å². The van der Waals surface area contributed by atoms with E-state index in [1.54, 1.807) is 36.5 Å². The molecule has 0 unspecified atom stereocenters. The van der Waals surface area contributed by atoms with E-state index in [-0.39, 0.29) is 23.1 Å². The van der Waals surface area contributed by atoms with E-state index in [1.807, 2.05) is 29.3 Å². The molecule has 2 fully saturated rings. The van der Waals surface area contributed by atoms with Crippen LogP contribution in [0.4, 0.5) is 5.13 Å². The third-order valence-electron chi connectivity index (χ3n) is 8.52. The van der Waals surface area contributed by atoms with Crippen LogP contribution in [0, 0.1) is 6.92 Å². The van der Waals surface area contributed by atoms with Gasteiger partial charge in [-0.3, -0.25) is 19.9 Å². The Kier molecular flexibility index (Phi) is 9.48. The molecule has 0 spiro atoms. The van der Waals surface area contributed by atoms with Crippen LogP contribution in [-0.2, 0) is 21.1 Å². The van der Waals surface area contributed by atoms with Gasteiger partial charge in [-0.25, -0.2) is 13.4 Å². The lowest BCUT2D eigenvalue weighted by atomic mass is 10.0. The number of hydrogen-bond donors (Lipinski definition) is 1. The second kappa shape index (κ2) is 13.7. The molecule has 6 rings (SSSR count). The molecule has 2 aromatic carbocycles. The molecule has 1 N–H and O–H groups in total. The van der Waals surface area contributed by atoms with Gasteiger partial charge in [0.05, 0.1) is 22.7 Å². The molecule has 2 aromatic heterocycles. The largest absolute Gasteiger partial charge is 0.457 e. The first-order chi connectivity index (χ1) is 22.1. The Labute approximate surface area is 273 Å². The van der Waals surface area contributed by atoms with E-state index in [2.05, 4.69) is 20.2 Å². The standard InChI is InChI=1S/C34H37N5O5S2/c1-23-6-5-13-35-32(23)24-18-25(20-29(19-24)44-28-7-9-30(10-8-28)46(2,42)43)33(41)37-34-36-26(22-45-34)21-31(40)39-16-11-27(12-17-39)38-14-3-4-15-38/h5-10,13,18-20,22,27H,3-4,11-12,14-17,21H2,1-2H3,(H,36,37,41). The lowest BCUT2D eigenvalue weighted by Gasteiger charge is -2.36. The zero-order chi connectivity index (χ0) is 32.3. The van der Waals surface area contributed by atoms with Crippen molar-refractivity contribution in [1.29, 1.82) is 0 Å². The number of carbonyl (C=O) groups excluding carboxylic acids is 2. The molecule has 0 atom stereocenters. The van der Waals surface area contributed by atoms with Crippen molar-refractivity contribution in [2.45, 2.75) is 50.0 Å². The fourth-order valence-electron chi connectivity index (χ4n) is 6.07. The highest BCUT2D eigenvalue weighted by atomic mass is 32.2. The molecule has 0 saturated carbocycles. The Hall–Kier alpha value is -4.13. The quantitative estimate of drug-likeness (QED) is 0.247. The number of ether oxygens (including phenoxy) is 1. The number of aromatic nitrogens is 2. The number of benzene rings is 2. The smallest absolute Gasteiger partial charge is 0.257 e. The summed E-state index contributed by atoms with van der Waals surface area (Å²) in [6.07, 6.45) is 7.61. The van der Waals surface area contributed by atoms with Gasteiger partial charge in [-0.05, 0) is 99.8 Å². The highest BCUT2D eigenvalue weighted by molar-refractivity contribution is 7.90. The number of piperidine rings is 1. The summed E-state index contributed by atoms with van der Waals surface area (Å²) >= 11 is 1.28. The summed E-state index contributed by atoms with van der Waals surface area (Å²) in [5.41, 5.74) is 3.28. The Bertz CT molecular complexity index is 1830. The van der Waals surface area contributed by atoms with Gasteiger partial charge in [-0.2, -0.15) is 0 Å². The van der Waals surface area contributed by atoms with Gasteiger partial charge in [-0.1, -0.05) is 6.07 Å². The molecule has 2 aliphatic heterocycles. The SMILES string of the molecule is Cc1cccnc1-c1cc(Oc2ccc(S(C)(=O)=O)cc2)cc(C(=O)Nc2nc(CC(=O)N3CCC(N4CCCC4)CC3)cs2)c1. The number of sulfone groups is 1. The number of hydrogen-bond acceptors (Lipinski definition) is 9. The Morgan fingerprint density at radius 1 is 1.00 bits per heavy atom. The maximum Gasteiger partial charge on any atom is 0.257 e. The Balaban J connectivity index is 1.14. The van der Waals surface area contributed by atoms with Gasteiger partial charge < -0.3 is 14.5 Å². The van der Waals surface area contributed by atoms with E-state index in [0.717, 1.165) is 37.8 Å². The van der Waals surface area contributed by atoms with Crippen molar-refractivity contribution in [3.63, 3.8) is 0 Å². The Morgan fingerprint density at radius 2 is 1.74 bits per heavy atom. The van der Waals surface area contributed by atoms with Crippen LogP contribution < -0.4 is 10.1 Å². The van der Waals surface area contributed by atoms with Crippen LogP contribution >= 0.6 is 11.3 Å². The van der Waals surface area contributed by atoms with E-state index in [9.17, 15) is 18.0 Å². The van der Waals surface area contributed by atoms with E-state index < -0.39 is 9.84 Å². The van der Waals surface area contributed by atoms with Crippen LogP contribution in [0.1, 0.15) is 47.3 Å². The van der Waals surface area contributed by atoms with Gasteiger partial charge in [-0.15, -0.1) is 11.3 Å². The number of amides is 2. The number of thiazole rings is 1. The van der Waals surface area contributed by atoms with E-state index in [1.165, 1.54) is 49.4 Å². The molecule has 0 bridgehead atoms. The minimum absolute atomic E-state index is 0.0628. The predicted octanol–water partition coefficient (Wildman–Crippen LogP) is 5.59. The number of nitrogens with zero attached hydrogens (tertiary/aromatic N) is 4. The minimum Gasteiger partial charge on any atom is -0.457 e. The molecule has 10 nitrogen and oxygen atoms in total. The van der Waals surface area contributed by atoms with Gasteiger partial charge in [0.1, 0.15) is 11.5 Å². The predicted molar refractivity (Wildman–Crippen MR) is 178 cm³/mol. The zero-order valence-electron chi connectivity index (χ0n) is 25.9. The average molecular weight is 660 g/mol. The molecule has 4 aromatic rings. The van der Waals surface area contributed by atoms with Crippen molar-refractivity contribution in [1.82, 2.24) is 19.8 Å². The van der Waals surface area contributed by atoms with Crippen molar-refractivity contribution in [2.75, 3.05) is 37.8 Å². The van der Waals surface area contributed by atoms with E-state index in [4.69, 9.17) is 4.74 Å².